The average Bonchev–Trinajstić information content (AvgIpc) is 2.99. The molecule has 0 radical (unpaired) electrons. The fourth-order valence-electron chi connectivity index (χ4n) is 2.12. The summed E-state index contributed by atoms with van der Waals surface area (Å²) in [5, 5.41) is 10.4. The lowest BCUT2D eigenvalue weighted by atomic mass is 10.0. The predicted molar refractivity (Wildman–Crippen MR) is 83.6 cm³/mol. The van der Waals surface area contributed by atoms with Crippen molar-refractivity contribution in [2.24, 2.45) is 0 Å². The van der Waals surface area contributed by atoms with Crippen molar-refractivity contribution >= 4 is 11.7 Å². The quantitative estimate of drug-likeness (QED) is 0.801. The number of hydrogen-bond donors (Lipinski definition) is 1. The first-order valence-electron chi connectivity index (χ1n) is 6.92. The van der Waals surface area contributed by atoms with Crippen LogP contribution in [0.4, 0.5) is 5.82 Å². The second kappa shape index (κ2) is 5.81. The van der Waals surface area contributed by atoms with Crippen molar-refractivity contribution in [3.63, 3.8) is 0 Å². The van der Waals surface area contributed by atoms with Gasteiger partial charge in [0.05, 0.1) is 0 Å². The summed E-state index contributed by atoms with van der Waals surface area (Å²) in [6.45, 7) is 4.06. The number of carbonyl (C=O) groups excluding carboxylic acids is 1. The summed E-state index contributed by atoms with van der Waals surface area (Å²) in [6.07, 6.45) is 0. The monoisotopic (exact) mass is 293 g/mol. The van der Waals surface area contributed by atoms with Crippen LogP contribution in [0.5, 0.6) is 0 Å². The van der Waals surface area contributed by atoms with Gasteiger partial charge in [0.15, 0.2) is 5.69 Å². The predicted octanol–water partition coefficient (Wildman–Crippen LogP) is 3.61. The Morgan fingerprint density at radius 1 is 1.00 bits per heavy atom. The van der Waals surface area contributed by atoms with E-state index in [2.05, 4.69) is 15.6 Å². The number of aryl methyl sites for hydroxylation is 2. The molecule has 0 aliphatic rings. The van der Waals surface area contributed by atoms with Crippen LogP contribution in [-0.2, 0) is 0 Å². The van der Waals surface area contributed by atoms with Crippen LogP contribution >= 0.6 is 0 Å². The summed E-state index contributed by atoms with van der Waals surface area (Å²) in [6, 6.07) is 14.9. The summed E-state index contributed by atoms with van der Waals surface area (Å²) < 4.78 is 4.79. The molecule has 0 bridgehead atoms. The van der Waals surface area contributed by atoms with E-state index in [1.807, 2.05) is 38.1 Å². The number of rotatable bonds is 3. The van der Waals surface area contributed by atoms with Crippen molar-refractivity contribution in [2.75, 3.05) is 5.32 Å². The molecule has 0 fully saturated rings. The van der Waals surface area contributed by atoms with Crippen LogP contribution in [0.3, 0.4) is 0 Å². The van der Waals surface area contributed by atoms with Gasteiger partial charge in [-0.3, -0.25) is 4.79 Å². The zero-order valence-electron chi connectivity index (χ0n) is 12.3. The maximum atomic E-state index is 12.2. The third-order valence-corrected chi connectivity index (χ3v) is 3.54. The second-order valence-corrected chi connectivity index (χ2v) is 5.08. The Morgan fingerprint density at radius 3 is 2.50 bits per heavy atom. The minimum Gasteiger partial charge on any atom is -0.302 e. The smallest absolute Gasteiger partial charge is 0.256 e. The minimum absolute atomic E-state index is 0.249. The molecular weight excluding hydrogens is 278 g/mol. The Hall–Kier alpha value is -2.95. The molecule has 5 nitrogen and oxygen atoms in total. The lowest BCUT2D eigenvalue weighted by molar-refractivity contribution is 0.102. The molecule has 1 N–H and O–H groups in total. The lowest BCUT2D eigenvalue weighted by Gasteiger charge is -2.05. The van der Waals surface area contributed by atoms with Gasteiger partial charge in [-0.15, -0.1) is 0 Å². The van der Waals surface area contributed by atoms with E-state index in [-0.39, 0.29) is 5.91 Å². The number of nitrogens with one attached hydrogen (secondary N) is 1. The highest BCUT2D eigenvalue weighted by Gasteiger charge is 2.16. The van der Waals surface area contributed by atoms with Gasteiger partial charge in [-0.05, 0) is 53.5 Å². The molecule has 22 heavy (non-hydrogen) atoms. The summed E-state index contributed by atoms with van der Waals surface area (Å²) >= 11 is 0. The standard InChI is InChI=1S/C17H15N3O2/c1-11-8-9-14(10-12(11)2)15-16(20-22-19-15)18-17(21)13-6-4-3-5-7-13/h3-10H,1-2H3,(H,18,20,21). The summed E-state index contributed by atoms with van der Waals surface area (Å²) in [5.74, 6) is 0.0680. The van der Waals surface area contributed by atoms with Crippen molar-refractivity contribution in [2.45, 2.75) is 13.8 Å². The Balaban J connectivity index is 1.89. The minimum atomic E-state index is -0.249. The van der Waals surface area contributed by atoms with Crippen LogP contribution in [0.15, 0.2) is 53.2 Å². The summed E-state index contributed by atoms with van der Waals surface area (Å²) in [4.78, 5) is 12.2. The molecule has 0 saturated carbocycles. The fraction of sp³-hybridized carbons (Fsp3) is 0.118. The number of nitrogens with zero attached hydrogens (tertiary/aromatic N) is 2. The van der Waals surface area contributed by atoms with E-state index in [0.717, 1.165) is 11.1 Å². The van der Waals surface area contributed by atoms with Crippen LogP contribution in [-0.4, -0.2) is 16.2 Å². The molecule has 1 aromatic heterocycles. The highest BCUT2D eigenvalue weighted by molar-refractivity contribution is 6.05. The molecule has 0 saturated heterocycles. The van der Waals surface area contributed by atoms with E-state index in [1.54, 1.807) is 24.3 Å². The van der Waals surface area contributed by atoms with E-state index >= 15 is 0 Å². The van der Waals surface area contributed by atoms with Crippen molar-refractivity contribution in [3.05, 3.63) is 65.2 Å². The number of carbonyl (C=O) groups is 1. The largest absolute Gasteiger partial charge is 0.302 e. The van der Waals surface area contributed by atoms with E-state index < -0.39 is 0 Å². The topological polar surface area (TPSA) is 68.0 Å². The van der Waals surface area contributed by atoms with Crippen LogP contribution < -0.4 is 5.32 Å². The van der Waals surface area contributed by atoms with E-state index in [9.17, 15) is 4.79 Å². The molecule has 0 atom stereocenters. The van der Waals surface area contributed by atoms with Crippen LogP contribution in [0, 0.1) is 13.8 Å². The number of hydrogen-bond acceptors (Lipinski definition) is 4. The average molecular weight is 293 g/mol. The molecule has 0 aliphatic heterocycles. The number of anilines is 1. The van der Waals surface area contributed by atoms with Crippen LogP contribution in [0.2, 0.25) is 0 Å². The molecule has 110 valence electrons. The maximum Gasteiger partial charge on any atom is 0.256 e. The Morgan fingerprint density at radius 2 is 1.77 bits per heavy atom. The zero-order chi connectivity index (χ0) is 15.5. The highest BCUT2D eigenvalue weighted by Crippen LogP contribution is 2.26. The first kappa shape index (κ1) is 14.0. The molecule has 0 spiro atoms. The first-order chi connectivity index (χ1) is 10.6. The van der Waals surface area contributed by atoms with Gasteiger partial charge in [0.25, 0.3) is 5.91 Å². The van der Waals surface area contributed by atoms with Gasteiger partial charge in [-0.25, -0.2) is 4.63 Å². The molecule has 5 heteroatoms. The van der Waals surface area contributed by atoms with Crippen molar-refractivity contribution in [1.82, 2.24) is 10.3 Å². The van der Waals surface area contributed by atoms with Crippen LogP contribution in [0.1, 0.15) is 21.5 Å². The van der Waals surface area contributed by atoms with Gasteiger partial charge in [-0.1, -0.05) is 30.3 Å². The van der Waals surface area contributed by atoms with E-state index in [4.69, 9.17) is 4.63 Å². The van der Waals surface area contributed by atoms with Crippen molar-refractivity contribution < 1.29 is 9.42 Å². The number of amides is 1. The van der Waals surface area contributed by atoms with Gasteiger partial charge >= 0.3 is 0 Å². The van der Waals surface area contributed by atoms with Gasteiger partial charge < -0.3 is 5.32 Å². The van der Waals surface area contributed by atoms with Crippen molar-refractivity contribution in [3.8, 4) is 11.3 Å². The molecule has 3 rings (SSSR count). The normalized spacial score (nSPS) is 10.5. The van der Waals surface area contributed by atoms with E-state index in [1.165, 1.54) is 5.56 Å². The van der Waals surface area contributed by atoms with Gasteiger partial charge in [-0.2, -0.15) is 0 Å². The molecule has 0 unspecified atom stereocenters. The molecule has 1 amide bonds. The molecule has 1 heterocycles. The Labute approximate surface area is 127 Å². The third kappa shape index (κ3) is 2.74. The van der Waals surface area contributed by atoms with Gasteiger partial charge in [0.2, 0.25) is 5.82 Å². The van der Waals surface area contributed by atoms with Gasteiger partial charge in [0.1, 0.15) is 0 Å². The Kier molecular flexibility index (Phi) is 3.70. The first-order valence-corrected chi connectivity index (χ1v) is 6.92. The number of aromatic nitrogens is 2. The summed E-state index contributed by atoms with van der Waals surface area (Å²) in [7, 11) is 0. The van der Waals surface area contributed by atoms with Crippen molar-refractivity contribution in [1.29, 1.82) is 0 Å². The van der Waals surface area contributed by atoms with Crippen LogP contribution in [0.25, 0.3) is 11.3 Å². The molecular formula is C17H15N3O2. The maximum absolute atomic E-state index is 12.2. The molecule has 0 aliphatic carbocycles. The fourth-order valence-corrected chi connectivity index (χ4v) is 2.12. The highest BCUT2D eigenvalue weighted by atomic mass is 16.6. The third-order valence-electron chi connectivity index (χ3n) is 3.54. The summed E-state index contributed by atoms with van der Waals surface area (Å²) in [5.41, 5.74) is 4.26. The zero-order valence-corrected chi connectivity index (χ0v) is 12.3. The molecule has 3 aromatic rings. The Bertz CT molecular complexity index is 810. The SMILES string of the molecule is Cc1ccc(-c2nonc2NC(=O)c2ccccc2)cc1C. The number of benzene rings is 2. The van der Waals surface area contributed by atoms with Gasteiger partial charge in [0, 0.05) is 11.1 Å². The molecule has 2 aromatic carbocycles. The lowest BCUT2D eigenvalue weighted by Crippen LogP contribution is -2.12. The van der Waals surface area contributed by atoms with E-state index in [0.29, 0.717) is 17.1 Å². The second-order valence-electron chi connectivity index (χ2n) is 5.08.